The summed E-state index contributed by atoms with van der Waals surface area (Å²) >= 11 is -1.36. The first kappa shape index (κ1) is 21.3. The van der Waals surface area contributed by atoms with Crippen LogP contribution in [0.4, 0.5) is 0 Å². The fraction of sp³-hybridized carbons (Fsp3) is 0. The van der Waals surface area contributed by atoms with Crippen LogP contribution in [0.5, 0.6) is 0 Å². The Labute approximate surface area is 153 Å². The number of hydrogen-bond acceptors (Lipinski definition) is 0. The Morgan fingerprint density at radius 1 is 0.409 bits per heavy atom. The summed E-state index contributed by atoms with van der Waals surface area (Å²) in [4.78, 5) is 0. The molecule has 0 N–H and O–H groups in total. The Kier molecular flexibility index (Phi) is 10.6. The molecule has 0 amide bonds. The predicted molar refractivity (Wildman–Crippen MR) is 89.3 cm³/mol. The Balaban J connectivity index is 0.00000147. The van der Waals surface area contributed by atoms with Gasteiger partial charge in [-0.25, -0.2) is 0 Å². The molecule has 0 aromatic heterocycles. The first-order valence-electron chi connectivity index (χ1n) is 6.26. The van der Waals surface area contributed by atoms with Crippen molar-refractivity contribution in [3.63, 3.8) is 0 Å². The second-order valence-corrected chi connectivity index (χ2v) is 8.42. The number of halogens is 2. The third-order valence-corrected chi connectivity index (χ3v) is 7.54. The molecule has 0 fully saturated rings. The van der Waals surface area contributed by atoms with Gasteiger partial charge in [-0.15, -0.1) is 0 Å². The first-order valence-corrected chi connectivity index (χ1v) is 8.87. The van der Waals surface area contributed by atoms with Crippen LogP contribution in [0.3, 0.4) is 0 Å². The molecule has 3 aromatic rings. The normalized spacial score (nSPS) is 9.14. The van der Waals surface area contributed by atoms with Crippen molar-refractivity contribution in [1.29, 1.82) is 0 Å². The molecule has 22 heavy (non-hydrogen) atoms. The van der Waals surface area contributed by atoms with Crippen molar-refractivity contribution in [1.82, 2.24) is 0 Å². The van der Waals surface area contributed by atoms with Crippen LogP contribution in [0.15, 0.2) is 91.0 Å². The number of hydrogen-bond donors (Lipinski definition) is 0. The Hall–Kier alpha value is -0.707. The van der Waals surface area contributed by atoms with Crippen molar-refractivity contribution in [3.05, 3.63) is 91.0 Å². The number of rotatable bonds is 3. The quantitative estimate of drug-likeness (QED) is 0.297. The second-order valence-electron chi connectivity index (χ2n) is 4.11. The first-order chi connectivity index (χ1) is 9.45. The molecule has 0 saturated carbocycles. The van der Waals surface area contributed by atoms with E-state index >= 15 is 0 Å². The van der Waals surface area contributed by atoms with Crippen LogP contribution in [0.1, 0.15) is 0 Å². The molecule has 0 aliphatic carbocycles. The SMILES string of the molecule is P.[Cl-].[Cl-].c1cc[c]([Ru+2]([c]2ccccc2)[c]2ccccc2)cc1. The molecule has 1 atom stereocenters. The molecule has 1 unspecified atom stereocenters. The molecule has 0 aliphatic heterocycles. The maximum atomic E-state index is 2.26. The van der Waals surface area contributed by atoms with Gasteiger partial charge in [0.15, 0.2) is 0 Å². The summed E-state index contributed by atoms with van der Waals surface area (Å²) < 4.78 is 4.43. The minimum absolute atomic E-state index is 0. The van der Waals surface area contributed by atoms with Crippen LogP contribution >= 0.6 is 9.90 Å². The van der Waals surface area contributed by atoms with Gasteiger partial charge in [-0.1, -0.05) is 0 Å². The fourth-order valence-electron chi connectivity index (χ4n) is 1.94. The van der Waals surface area contributed by atoms with Crippen LogP contribution in [-0.2, 0) is 16.0 Å². The zero-order chi connectivity index (χ0) is 12.9. The molecule has 0 aliphatic rings. The van der Waals surface area contributed by atoms with E-state index in [0.717, 1.165) is 0 Å². The molecular weight excluding hydrogens is 419 g/mol. The van der Waals surface area contributed by atoms with Crippen LogP contribution in [0, 0.1) is 0 Å². The zero-order valence-electron chi connectivity index (χ0n) is 12.0. The zero-order valence-corrected chi connectivity index (χ0v) is 16.6. The van der Waals surface area contributed by atoms with Crippen molar-refractivity contribution in [2.45, 2.75) is 0 Å². The van der Waals surface area contributed by atoms with Crippen molar-refractivity contribution in [2.75, 3.05) is 0 Å². The molecule has 0 radical (unpaired) electrons. The van der Waals surface area contributed by atoms with Gasteiger partial charge >= 0.3 is 119 Å². The predicted octanol–water partition coefficient (Wildman–Crippen LogP) is -3.35. The Morgan fingerprint density at radius 2 is 0.636 bits per heavy atom. The van der Waals surface area contributed by atoms with Crippen molar-refractivity contribution < 1.29 is 40.8 Å². The molecule has 3 aromatic carbocycles. The van der Waals surface area contributed by atoms with E-state index in [4.69, 9.17) is 0 Å². The maximum absolute atomic E-state index is 2.26. The molecule has 117 valence electrons. The summed E-state index contributed by atoms with van der Waals surface area (Å²) in [6.45, 7) is 0. The Morgan fingerprint density at radius 3 is 0.864 bits per heavy atom. The minimum atomic E-state index is -1.36. The Bertz CT molecular complexity index is 539. The van der Waals surface area contributed by atoms with Crippen LogP contribution in [-0.4, -0.2) is 0 Å². The molecule has 3 rings (SSSR count). The van der Waals surface area contributed by atoms with Crippen molar-refractivity contribution in [3.8, 4) is 0 Å². The van der Waals surface area contributed by atoms with Gasteiger partial charge in [0, 0.05) is 0 Å². The van der Waals surface area contributed by atoms with Crippen LogP contribution in [0.2, 0.25) is 0 Å². The second kappa shape index (κ2) is 10.9. The summed E-state index contributed by atoms with van der Waals surface area (Å²) in [7, 11) is 0. The molecule has 0 heterocycles. The summed E-state index contributed by atoms with van der Waals surface area (Å²) in [5.41, 5.74) is 0. The topological polar surface area (TPSA) is 0 Å². The van der Waals surface area contributed by atoms with E-state index in [9.17, 15) is 0 Å². The third kappa shape index (κ3) is 5.18. The molecule has 0 bridgehead atoms. The molecule has 0 saturated heterocycles. The van der Waals surface area contributed by atoms with E-state index in [0.29, 0.717) is 0 Å². The van der Waals surface area contributed by atoms with E-state index < -0.39 is 16.0 Å². The number of benzene rings is 3. The van der Waals surface area contributed by atoms with Crippen molar-refractivity contribution in [2.24, 2.45) is 0 Å². The third-order valence-electron chi connectivity index (χ3n) is 2.79. The average molecular weight is 437 g/mol. The molecule has 4 heteroatoms. The van der Waals surface area contributed by atoms with Gasteiger partial charge in [0.25, 0.3) is 0 Å². The van der Waals surface area contributed by atoms with Gasteiger partial charge < -0.3 is 24.8 Å². The van der Waals surface area contributed by atoms with Gasteiger partial charge in [0.1, 0.15) is 0 Å². The van der Waals surface area contributed by atoms with E-state index in [2.05, 4.69) is 91.0 Å². The van der Waals surface area contributed by atoms with Gasteiger partial charge in [-0.3, -0.25) is 0 Å². The van der Waals surface area contributed by atoms with E-state index in [1.165, 1.54) is 12.5 Å². The average Bonchev–Trinajstić information content (AvgIpc) is 2.51. The molecular formula is C18H18Cl2PRu. The molecule has 0 nitrogen and oxygen atoms in total. The van der Waals surface area contributed by atoms with E-state index in [1.54, 1.807) is 0 Å². The van der Waals surface area contributed by atoms with Gasteiger partial charge in [-0.05, 0) is 0 Å². The standard InChI is InChI=1S/3C6H5.2ClH.H3P.Ru/c3*1-2-4-6-5-3-1;;;;/h3*1-5H;2*1H;1H3;/q;;;;;;+2/p-2. The van der Waals surface area contributed by atoms with Crippen molar-refractivity contribution >= 4 is 22.4 Å². The van der Waals surface area contributed by atoms with Crippen LogP contribution < -0.4 is 37.3 Å². The molecule has 0 spiro atoms. The summed E-state index contributed by atoms with van der Waals surface area (Å²) in [5.74, 6) is 0. The summed E-state index contributed by atoms with van der Waals surface area (Å²) in [6.07, 6.45) is 0. The van der Waals surface area contributed by atoms with Gasteiger partial charge in [0.2, 0.25) is 0 Å². The summed E-state index contributed by atoms with van der Waals surface area (Å²) in [5, 5.41) is 0. The van der Waals surface area contributed by atoms with E-state index in [-0.39, 0.29) is 34.7 Å². The van der Waals surface area contributed by atoms with E-state index in [1.807, 2.05) is 0 Å². The monoisotopic (exact) mass is 437 g/mol. The van der Waals surface area contributed by atoms with Gasteiger partial charge in [-0.2, -0.15) is 9.90 Å². The van der Waals surface area contributed by atoms with Gasteiger partial charge in [0.05, 0.1) is 0 Å². The fourth-order valence-corrected chi connectivity index (χ4v) is 6.42. The summed E-state index contributed by atoms with van der Waals surface area (Å²) in [6, 6.07) is 32.7. The van der Waals surface area contributed by atoms with Crippen LogP contribution in [0.25, 0.3) is 0 Å².